The van der Waals surface area contributed by atoms with Crippen LogP contribution in [0.2, 0.25) is 0 Å². The third-order valence-electron chi connectivity index (χ3n) is 2.76. The van der Waals surface area contributed by atoms with Crippen LogP contribution in [0.15, 0.2) is 16.9 Å². The van der Waals surface area contributed by atoms with Crippen LogP contribution in [-0.2, 0) is 0 Å². The maximum atomic E-state index is 9.03. The first-order chi connectivity index (χ1) is 7.29. The summed E-state index contributed by atoms with van der Waals surface area (Å²) in [7, 11) is 0. The van der Waals surface area contributed by atoms with Crippen LogP contribution >= 0.6 is 15.9 Å². The highest BCUT2D eigenvalue weighted by molar-refractivity contribution is 9.10. The van der Waals surface area contributed by atoms with Crippen LogP contribution in [0.3, 0.4) is 0 Å². The number of halogens is 1. The van der Waals surface area contributed by atoms with Crippen molar-refractivity contribution in [2.75, 3.05) is 24.6 Å². The van der Waals surface area contributed by atoms with Crippen LogP contribution in [0.5, 0.6) is 0 Å². The highest BCUT2D eigenvalue weighted by Crippen LogP contribution is 2.20. The van der Waals surface area contributed by atoms with Crippen LogP contribution in [0, 0.1) is 5.92 Å². The Kier molecular flexibility index (Phi) is 3.53. The molecule has 0 unspecified atom stereocenters. The maximum absolute atomic E-state index is 9.03. The smallest absolute Gasteiger partial charge is 0.225 e. The normalized spacial score (nSPS) is 18.1. The summed E-state index contributed by atoms with van der Waals surface area (Å²) in [4.78, 5) is 10.7. The molecule has 15 heavy (non-hydrogen) atoms. The van der Waals surface area contributed by atoms with Crippen molar-refractivity contribution >= 4 is 21.9 Å². The van der Waals surface area contributed by atoms with Gasteiger partial charge in [0.2, 0.25) is 5.95 Å². The highest BCUT2D eigenvalue weighted by Gasteiger charge is 2.19. The first-order valence-electron chi connectivity index (χ1n) is 5.13. The molecule has 0 saturated carbocycles. The molecule has 0 aromatic carbocycles. The summed E-state index contributed by atoms with van der Waals surface area (Å²) in [6.45, 7) is 2.18. The standard InChI is InChI=1S/C10H14BrN3O/c11-9-5-12-10(13-6-9)14-3-1-8(7-15)2-4-14/h5-6,8,15H,1-4,7H2. The van der Waals surface area contributed by atoms with Gasteiger partial charge >= 0.3 is 0 Å². The first kappa shape index (κ1) is 10.8. The fraction of sp³-hybridized carbons (Fsp3) is 0.600. The predicted molar refractivity (Wildman–Crippen MR) is 61.8 cm³/mol. The first-order valence-corrected chi connectivity index (χ1v) is 5.92. The largest absolute Gasteiger partial charge is 0.396 e. The Balaban J connectivity index is 1.98. The number of aromatic nitrogens is 2. The van der Waals surface area contributed by atoms with E-state index in [1.165, 1.54) is 0 Å². The molecule has 1 aliphatic heterocycles. The molecule has 2 heterocycles. The van der Waals surface area contributed by atoms with Gasteiger partial charge in [0.1, 0.15) is 0 Å². The lowest BCUT2D eigenvalue weighted by molar-refractivity contribution is 0.202. The zero-order valence-electron chi connectivity index (χ0n) is 8.43. The summed E-state index contributed by atoms with van der Waals surface area (Å²) in [5.41, 5.74) is 0. The average Bonchev–Trinajstić information content (AvgIpc) is 2.30. The van der Waals surface area contributed by atoms with Crippen LogP contribution in [0.25, 0.3) is 0 Å². The van der Waals surface area contributed by atoms with Crippen molar-refractivity contribution in [1.29, 1.82) is 0 Å². The van der Waals surface area contributed by atoms with Gasteiger partial charge in [0.05, 0.1) is 4.47 Å². The highest BCUT2D eigenvalue weighted by atomic mass is 79.9. The second-order valence-corrected chi connectivity index (χ2v) is 4.73. The van der Waals surface area contributed by atoms with E-state index < -0.39 is 0 Å². The quantitative estimate of drug-likeness (QED) is 0.885. The second-order valence-electron chi connectivity index (χ2n) is 3.81. The summed E-state index contributed by atoms with van der Waals surface area (Å²) in [5.74, 6) is 1.24. The third-order valence-corrected chi connectivity index (χ3v) is 3.17. The van der Waals surface area contributed by atoms with Gasteiger partial charge in [0.25, 0.3) is 0 Å². The Morgan fingerprint density at radius 3 is 2.47 bits per heavy atom. The van der Waals surface area contributed by atoms with Crippen molar-refractivity contribution < 1.29 is 5.11 Å². The Morgan fingerprint density at radius 1 is 1.33 bits per heavy atom. The Hall–Kier alpha value is -0.680. The molecule has 1 fully saturated rings. The fourth-order valence-corrected chi connectivity index (χ4v) is 1.99. The van der Waals surface area contributed by atoms with Gasteiger partial charge in [-0.25, -0.2) is 9.97 Å². The van der Waals surface area contributed by atoms with Gasteiger partial charge < -0.3 is 10.0 Å². The van der Waals surface area contributed by atoms with Crippen LogP contribution in [0.1, 0.15) is 12.8 Å². The topological polar surface area (TPSA) is 49.2 Å². The fourth-order valence-electron chi connectivity index (χ4n) is 1.78. The van der Waals surface area contributed by atoms with E-state index in [1.807, 2.05) is 0 Å². The van der Waals surface area contributed by atoms with E-state index in [0.717, 1.165) is 36.4 Å². The average molecular weight is 272 g/mol. The number of hydrogen-bond donors (Lipinski definition) is 1. The van der Waals surface area contributed by atoms with E-state index in [-0.39, 0.29) is 0 Å². The monoisotopic (exact) mass is 271 g/mol. The van der Waals surface area contributed by atoms with Gasteiger partial charge in [-0.15, -0.1) is 0 Å². The molecule has 0 aliphatic carbocycles. The van der Waals surface area contributed by atoms with Crippen LogP contribution in [-0.4, -0.2) is 34.8 Å². The van der Waals surface area contributed by atoms with Crippen molar-refractivity contribution in [2.45, 2.75) is 12.8 Å². The molecule has 2 rings (SSSR count). The molecule has 0 radical (unpaired) electrons. The summed E-state index contributed by atoms with van der Waals surface area (Å²) in [5, 5.41) is 9.03. The molecule has 1 aromatic heterocycles. The Bertz CT molecular complexity index is 309. The zero-order valence-corrected chi connectivity index (χ0v) is 10.0. The van der Waals surface area contributed by atoms with E-state index in [1.54, 1.807) is 12.4 Å². The van der Waals surface area contributed by atoms with E-state index in [9.17, 15) is 0 Å². The summed E-state index contributed by atoms with van der Waals surface area (Å²) in [6.07, 6.45) is 5.58. The molecule has 0 spiro atoms. The number of aliphatic hydroxyl groups is 1. The second kappa shape index (κ2) is 4.90. The van der Waals surface area contributed by atoms with E-state index in [4.69, 9.17) is 5.11 Å². The van der Waals surface area contributed by atoms with Crippen molar-refractivity contribution in [2.24, 2.45) is 5.92 Å². The minimum absolute atomic E-state index is 0.301. The lowest BCUT2D eigenvalue weighted by atomic mass is 9.98. The molecule has 0 atom stereocenters. The number of hydrogen-bond acceptors (Lipinski definition) is 4. The minimum atomic E-state index is 0.301. The molecule has 1 saturated heterocycles. The zero-order chi connectivity index (χ0) is 10.7. The van der Waals surface area contributed by atoms with Crippen molar-refractivity contribution in [3.63, 3.8) is 0 Å². The molecule has 1 N–H and O–H groups in total. The number of anilines is 1. The number of aliphatic hydroxyl groups excluding tert-OH is 1. The van der Waals surface area contributed by atoms with E-state index in [2.05, 4.69) is 30.8 Å². The van der Waals surface area contributed by atoms with Crippen LogP contribution < -0.4 is 4.90 Å². The van der Waals surface area contributed by atoms with Gasteiger partial charge in [-0.2, -0.15) is 0 Å². The van der Waals surface area contributed by atoms with Gasteiger partial charge in [-0.1, -0.05) is 0 Å². The number of piperidine rings is 1. The predicted octanol–water partition coefficient (Wildman–Crippen LogP) is 1.45. The number of rotatable bonds is 2. The molecule has 0 amide bonds. The number of nitrogens with zero attached hydrogens (tertiary/aromatic N) is 3. The molecule has 5 heteroatoms. The molecule has 1 aromatic rings. The molecule has 82 valence electrons. The van der Waals surface area contributed by atoms with Gasteiger partial charge in [0, 0.05) is 32.1 Å². The molecule has 1 aliphatic rings. The third kappa shape index (κ3) is 2.66. The lowest BCUT2D eigenvalue weighted by Gasteiger charge is -2.30. The van der Waals surface area contributed by atoms with Gasteiger partial charge in [0.15, 0.2) is 0 Å². The van der Waals surface area contributed by atoms with Crippen LogP contribution in [0.4, 0.5) is 5.95 Å². The van der Waals surface area contributed by atoms with Crippen molar-refractivity contribution in [3.8, 4) is 0 Å². The maximum Gasteiger partial charge on any atom is 0.225 e. The minimum Gasteiger partial charge on any atom is -0.396 e. The van der Waals surface area contributed by atoms with Crippen molar-refractivity contribution in [1.82, 2.24) is 9.97 Å². The van der Waals surface area contributed by atoms with E-state index in [0.29, 0.717) is 12.5 Å². The summed E-state index contributed by atoms with van der Waals surface area (Å²) < 4.78 is 0.900. The summed E-state index contributed by atoms with van der Waals surface area (Å²) >= 11 is 3.31. The SMILES string of the molecule is OCC1CCN(c2ncc(Br)cn2)CC1. The Labute approximate surface area is 97.5 Å². The molecule has 0 bridgehead atoms. The molecular weight excluding hydrogens is 258 g/mol. The van der Waals surface area contributed by atoms with Gasteiger partial charge in [-0.05, 0) is 34.7 Å². The van der Waals surface area contributed by atoms with Gasteiger partial charge in [-0.3, -0.25) is 0 Å². The van der Waals surface area contributed by atoms with E-state index >= 15 is 0 Å². The molecule has 4 nitrogen and oxygen atoms in total. The molecular formula is C10H14BrN3O. The lowest BCUT2D eigenvalue weighted by Crippen LogP contribution is -2.35. The summed E-state index contributed by atoms with van der Waals surface area (Å²) in [6, 6.07) is 0. The van der Waals surface area contributed by atoms with Crippen molar-refractivity contribution in [3.05, 3.63) is 16.9 Å². The Morgan fingerprint density at radius 2 is 1.93 bits per heavy atom.